The number of nitrogens with one attached hydrogen (secondary N) is 1. The molecule has 144 valence electrons. The molecule has 1 heterocycles. The van der Waals surface area contributed by atoms with Crippen LogP contribution in [0.25, 0.3) is 0 Å². The van der Waals surface area contributed by atoms with Gasteiger partial charge in [0.1, 0.15) is 11.8 Å². The third-order valence-corrected chi connectivity index (χ3v) is 4.52. The summed E-state index contributed by atoms with van der Waals surface area (Å²) in [6.45, 7) is 7.24. The van der Waals surface area contributed by atoms with Crippen molar-refractivity contribution in [2.45, 2.75) is 52.2 Å². The van der Waals surface area contributed by atoms with Crippen LogP contribution in [0.2, 0.25) is 0 Å². The minimum atomic E-state index is -0.361. The second-order valence-electron chi connectivity index (χ2n) is 7.98. The molecule has 1 aliphatic rings. The number of methoxy groups -OCH3 is 2. The van der Waals surface area contributed by atoms with Gasteiger partial charge in [-0.1, -0.05) is 32.9 Å². The Balaban J connectivity index is 2.19. The number of nitrogens with zero attached hydrogens (tertiary/aromatic N) is 1. The van der Waals surface area contributed by atoms with Crippen LogP contribution in [-0.2, 0) is 20.9 Å². The van der Waals surface area contributed by atoms with Crippen LogP contribution in [-0.4, -0.2) is 49.6 Å². The third kappa shape index (κ3) is 5.46. The Morgan fingerprint density at radius 3 is 2.62 bits per heavy atom. The molecule has 6 nitrogen and oxygen atoms in total. The van der Waals surface area contributed by atoms with Gasteiger partial charge in [0.2, 0.25) is 5.91 Å². The van der Waals surface area contributed by atoms with Gasteiger partial charge >= 0.3 is 5.97 Å². The first-order valence-electron chi connectivity index (χ1n) is 8.97. The first-order valence-corrected chi connectivity index (χ1v) is 8.97. The molecule has 0 unspecified atom stereocenters. The zero-order valence-electron chi connectivity index (χ0n) is 16.4. The zero-order valence-corrected chi connectivity index (χ0v) is 16.4. The van der Waals surface area contributed by atoms with Gasteiger partial charge in [0.25, 0.3) is 0 Å². The lowest BCUT2D eigenvalue weighted by Gasteiger charge is -2.31. The highest BCUT2D eigenvalue weighted by Crippen LogP contribution is 2.25. The van der Waals surface area contributed by atoms with Crippen molar-refractivity contribution in [1.82, 2.24) is 10.2 Å². The molecule has 6 heteroatoms. The van der Waals surface area contributed by atoms with E-state index in [0.717, 1.165) is 11.3 Å². The van der Waals surface area contributed by atoms with Gasteiger partial charge in [-0.3, -0.25) is 9.59 Å². The minimum Gasteiger partial charge on any atom is -0.497 e. The lowest BCUT2D eigenvalue weighted by molar-refractivity contribution is -0.143. The number of esters is 1. The Hall–Kier alpha value is -2.08. The minimum absolute atomic E-state index is 0.0415. The Kier molecular flexibility index (Phi) is 6.64. The average Bonchev–Trinajstić information content (AvgIpc) is 3.07. The fourth-order valence-corrected chi connectivity index (χ4v) is 3.22. The molecule has 0 saturated carbocycles. The van der Waals surface area contributed by atoms with Crippen LogP contribution in [0.4, 0.5) is 0 Å². The maximum Gasteiger partial charge on any atom is 0.322 e. The van der Waals surface area contributed by atoms with Crippen LogP contribution in [0.1, 0.15) is 39.2 Å². The SMILES string of the molecule is COC(=O)[C@@H]1C[C@H](N(Cc2cccc(OC)c2)C(=O)CC(C)(C)C)CN1. The fourth-order valence-electron chi connectivity index (χ4n) is 3.22. The summed E-state index contributed by atoms with van der Waals surface area (Å²) in [5.74, 6) is 0.581. The lowest BCUT2D eigenvalue weighted by Crippen LogP contribution is -2.42. The molecule has 2 rings (SSSR count). The van der Waals surface area contributed by atoms with E-state index in [1.807, 2.05) is 29.2 Å². The standard InChI is InChI=1S/C20H30N2O4/c1-20(2,3)11-18(23)22(13-14-7-6-8-16(9-14)25-4)15-10-17(21-12-15)19(24)26-5/h6-9,15,17,21H,10-13H2,1-5H3/t15-,17-/m0/s1. The second kappa shape index (κ2) is 8.54. The fraction of sp³-hybridized carbons (Fsp3) is 0.600. The Bertz CT molecular complexity index is 639. The normalized spacial score (nSPS) is 19.9. The number of amides is 1. The van der Waals surface area contributed by atoms with Crippen molar-refractivity contribution < 1.29 is 19.1 Å². The second-order valence-corrected chi connectivity index (χ2v) is 7.98. The van der Waals surface area contributed by atoms with Crippen molar-refractivity contribution in [2.75, 3.05) is 20.8 Å². The first-order chi connectivity index (χ1) is 12.2. The molecule has 1 aromatic rings. The van der Waals surface area contributed by atoms with E-state index in [9.17, 15) is 9.59 Å². The number of hydrogen-bond donors (Lipinski definition) is 1. The van der Waals surface area contributed by atoms with Crippen molar-refractivity contribution in [1.29, 1.82) is 0 Å². The smallest absolute Gasteiger partial charge is 0.322 e. The van der Waals surface area contributed by atoms with Crippen LogP contribution in [0.3, 0.4) is 0 Å². The summed E-state index contributed by atoms with van der Waals surface area (Å²) < 4.78 is 10.1. The van der Waals surface area contributed by atoms with Gasteiger partial charge in [-0.2, -0.15) is 0 Å². The largest absolute Gasteiger partial charge is 0.497 e. The molecule has 1 fully saturated rings. The molecular weight excluding hydrogens is 332 g/mol. The molecule has 0 aromatic heterocycles. The number of ether oxygens (including phenoxy) is 2. The molecule has 0 spiro atoms. The molecule has 1 N–H and O–H groups in total. The van der Waals surface area contributed by atoms with E-state index in [2.05, 4.69) is 26.1 Å². The molecule has 1 amide bonds. The highest BCUT2D eigenvalue weighted by Gasteiger charge is 2.36. The quantitative estimate of drug-likeness (QED) is 0.787. The van der Waals surface area contributed by atoms with E-state index >= 15 is 0 Å². The summed E-state index contributed by atoms with van der Waals surface area (Å²) in [7, 11) is 3.01. The zero-order chi connectivity index (χ0) is 19.3. The monoisotopic (exact) mass is 362 g/mol. The average molecular weight is 362 g/mol. The van der Waals surface area contributed by atoms with Gasteiger partial charge < -0.3 is 19.7 Å². The van der Waals surface area contributed by atoms with Gasteiger partial charge in [-0.15, -0.1) is 0 Å². The van der Waals surface area contributed by atoms with Gasteiger partial charge in [-0.25, -0.2) is 0 Å². The maximum absolute atomic E-state index is 13.0. The number of carbonyl (C=O) groups excluding carboxylic acids is 2. The molecule has 1 saturated heterocycles. The summed E-state index contributed by atoms with van der Waals surface area (Å²) in [6.07, 6.45) is 1.02. The van der Waals surface area contributed by atoms with Crippen molar-refractivity contribution >= 4 is 11.9 Å². The first kappa shape index (κ1) is 20.2. The number of carbonyl (C=O) groups is 2. The summed E-state index contributed by atoms with van der Waals surface area (Å²) in [5.41, 5.74) is 0.908. The highest BCUT2D eigenvalue weighted by atomic mass is 16.5. The van der Waals surface area contributed by atoms with Crippen LogP contribution in [0.5, 0.6) is 5.75 Å². The van der Waals surface area contributed by atoms with E-state index in [4.69, 9.17) is 9.47 Å². The van der Waals surface area contributed by atoms with Gasteiger partial charge in [0, 0.05) is 25.6 Å². The summed E-state index contributed by atoms with van der Waals surface area (Å²) in [5, 5.41) is 3.17. The molecule has 0 radical (unpaired) electrons. The molecule has 0 aliphatic carbocycles. The van der Waals surface area contributed by atoms with Gasteiger partial charge in [-0.05, 0) is 29.5 Å². The number of hydrogen-bond acceptors (Lipinski definition) is 5. The van der Waals surface area contributed by atoms with E-state index in [0.29, 0.717) is 25.9 Å². The van der Waals surface area contributed by atoms with Crippen LogP contribution >= 0.6 is 0 Å². The lowest BCUT2D eigenvalue weighted by atomic mass is 9.91. The summed E-state index contributed by atoms with van der Waals surface area (Å²) >= 11 is 0. The molecule has 1 aromatic carbocycles. The van der Waals surface area contributed by atoms with Gasteiger partial charge in [0.05, 0.1) is 14.2 Å². The van der Waals surface area contributed by atoms with Crippen LogP contribution in [0.15, 0.2) is 24.3 Å². The van der Waals surface area contributed by atoms with E-state index in [1.54, 1.807) is 7.11 Å². The number of rotatable bonds is 6. The molecular formula is C20H30N2O4. The topological polar surface area (TPSA) is 67.9 Å². The van der Waals surface area contributed by atoms with Crippen LogP contribution < -0.4 is 10.1 Å². The molecule has 2 atom stereocenters. The Labute approximate surface area is 155 Å². The van der Waals surface area contributed by atoms with Gasteiger partial charge in [0.15, 0.2) is 0 Å². The van der Waals surface area contributed by atoms with Crippen molar-refractivity contribution in [2.24, 2.45) is 5.41 Å². The van der Waals surface area contributed by atoms with E-state index in [1.165, 1.54) is 7.11 Å². The Morgan fingerprint density at radius 2 is 2.00 bits per heavy atom. The maximum atomic E-state index is 13.0. The van der Waals surface area contributed by atoms with Crippen LogP contribution in [0, 0.1) is 5.41 Å². The van der Waals surface area contributed by atoms with Crippen molar-refractivity contribution in [3.8, 4) is 5.75 Å². The third-order valence-electron chi connectivity index (χ3n) is 4.52. The van der Waals surface area contributed by atoms with E-state index < -0.39 is 0 Å². The predicted octanol–water partition coefficient (Wildman–Crippen LogP) is 2.36. The Morgan fingerprint density at radius 1 is 1.27 bits per heavy atom. The predicted molar refractivity (Wildman–Crippen MR) is 99.8 cm³/mol. The summed E-state index contributed by atoms with van der Waals surface area (Å²) in [4.78, 5) is 26.7. The molecule has 1 aliphatic heterocycles. The molecule has 26 heavy (non-hydrogen) atoms. The van der Waals surface area contributed by atoms with E-state index in [-0.39, 0.29) is 29.4 Å². The molecule has 0 bridgehead atoms. The van der Waals surface area contributed by atoms with Crippen molar-refractivity contribution in [3.05, 3.63) is 29.8 Å². The summed E-state index contributed by atoms with van der Waals surface area (Å²) in [6, 6.07) is 7.33. The van der Waals surface area contributed by atoms with Crippen molar-refractivity contribution in [3.63, 3.8) is 0 Å². The number of benzene rings is 1. The highest BCUT2D eigenvalue weighted by molar-refractivity contribution is 5.79.